The van der Waals surface area contributed by atoms with Crippen LogP contribution in [0.5, 0.6) is 0 Å². The van der Waals surface area contributed by atoms with Crippen molar-refractivity contribution in [3.05, 3.63) is 44.2 Å². The number of rotatable bonds is 3. The van der Waals surface area contributed by atoms with E-state index in [1.54, 1.807) is 0 Å². The molecule has 17 heavy (non-hydrogen) atoms. The van der Waals surface area contributed by atoms with Crippen LogP contribution in [0.4, 0.5) is 0 Å². The Labute approximate surface area is 123 Å². The lowest BCUT2D eigenvalue weighted by Gasteiger charge is -2.16. The normalized spacial score (nSPS) is 12.7. The molecule has 0 spiro atoms. The van der Waals surface area contributed by atoms with Gasteiger partial charge >= 0.3 is 0 Å². The molecule has 0 radical (unpaired) electrons. The number of aromatic nitrogens is 2. The topological polar surface area (TPSA) is 29.9 Å². The van der Waals surface area contributed by atoms with Gasteiger partial charge in [-0.2, -0.15) is 5.10 Å². The van der Waals surface area contributed by atoms with Gasteiger partial charge in [-0.25, -0.2) is 4.68 Å². The first-order chi connectivity index (χ1) is 8.11. The molecule has 0 aliphatic carbocycles. The van der Waals surface area contributed by atoms with Gasteiger partial charge in [0.25, 0.3) is 0 Å². The first-order valence-electron chi connectivity index (χ1n) is 5.29. The van der Waals surface area contributed by atoms with Crippen LogP contribution < -0.4 is 5.32 Å². The molecule has 1 unspecified atom stereocenters. The second-order valence-corrected chi connectivity index (χ2v) is 5.98. The highest BCUT2D eigenvalue weighted by Gasteiger charge is 2.11. The fraction of sp³-hybridized carbons (Fsp3) is 0.250. The average molecular weight is 406 g/mol. The van der Waals surface area contributed by atoms with Gasteiger partial charge in [0.05, 0.1) is 15.5 Å². The molecule has 1 aromatic carbocycles. The Morgan fingerprint density at radius 3 is 2.82 bits per heavy atom. The van der Waals surface area contributed by atoms with Crippen LogP contribution in [-0.4, -0.2) is 16.8 Å². The SMILES string of the molecule is CNC(C)c1cc(Br)ccc1-n1cc(I)cn1. The highest BCUT2D eigenvalue weighted by atomic mass is 127. The maximum Gasteiger partial charge on any atom is 0.0694 e. The van der Waals surface area contributed by atoms with Crippen molar-refractivity contribution in [3.63, 3.8) is 0 Å². The van der Waals surface area contributed by atoms with Crippen molar-refractivity contribution in [1.82, 2.24) is 15.1 Å². The molecule has 2 aromatic rings. The number of hydrogen-bond acceptors (Lipinski definition) is 2. The summed E-state index contributed by atoms with van der Waals surface area (Å²) in [4.78, 5) is 0. The summed E-state index contributed by atoms with van der Waals surface area (Å²) in [6.45, 7) is 2.14. The minimum atomic E-state index is 0.282. The predicted octanol–water partition coefficient (Wildman–Crippen LogP) is 3.52. The minimum Gasteiger partial charge on any atom is -0.313 e. The summed E-state index contributed by atoms with van der Waals surface area (Å²) in [7, 11) is 1.96. The van der Waals surface area contributed by atoms with E-state index in [4.69, 9.17) is 0 Å². The molecule has 0 aliphatic heterocycles. The molecule has 1 N–H and O–H groups in total. The molecule has 3 nitrogen and oxygen atoms in total. The molecule has 1 heterocycles. The molecular formula is C12H13BrIN3. The summed E-state index contributed by atoms with van der Waals surface area (Å²) in [5, 5.41) is 7.62. The molecule has 0 bridgehead atoms. The van der Waals surface area contributed by atoms with Gasteiger partial charge < -0.3 is 5.32 Å². The first kappa shape index (κ1) is 13.0. The quantitative estimate of drug-likeness (QED) is 0.791. The lowest BCUT2D eigenvalue weighted by molar-refractivity contribution is 0.643. The zero-order valence-electron chi connectivity index (χ0n) is 9.61. The van der Waals surface area contributed by atoms with Gasteiger partial charge in [-0.15, -0.1) is 0 Å². The Balaban J connectivity index is 2.53. The summed E-state index contributed by atoms with van der Waals surface area (Å²) in [6.07, 6.45) is 3.88. The predicted molar refractivity (Wildman–Crippen MR) is 81.5 cm³/mol. The second kappa shape index (κ2) is 5.49. The Kier molecular flexibility index (Phi) is 4.22. The van der Waals surface area contributed by atoms with Gasteiger partial charge in [0, 0.05) is 16.7 Å². The van der Waals surface area contributed by atoms with E-state index < -0.39 is 0 Å². The van der Waals surface area contributed by atoms with Gasteiger partial charge in [0.1, 0.15) is 0 Å². The summed E-state index contributed by atoms with van der Waals surface area (Å²) >= 11 is 5.78. The molecule has 1 aromatic heterocycles. The maximum absolute atomic E-state index is 4.36. The third kappa shape index (κ3) is 2.89. The third-order valence-electron chi connectivity index (χ3n) is 2.69. The van der Waals surface area contributed by atoms with E-state index in [1.165, 1.54) is 5.56 Å². The van der Waals surface area contributed by atoms with Gasteiger partial charge in [0.15, 0.2) is 0 Å². The summed E-state index contributed by atoms with van der Waals surface area (Å²) in [6, 6.07) is 6.53. The molecule has 1 atom stereocenters. The van der Waals surface area contributed by atoms with Crippen molar-refractivity contribution >= 4 is 38.5 Å². The van der Waals surface area contributed by atoms with Crippen molar-refractivity contribution in [2.75, 3.05) is 7.05 Å². The van der Waals surface area contributed by atoms with Gasteiger partial charge in [0.2, 0.25) is 0 Å². The standard InChI is InChI=1S/C12H13BrIN3/c1-8(15-2)11-5-9(13)3-4-12(11)17-7-10(14)6-16-17/h3-8,15H,1-2H3. The Bertz CT molecular complexity index is 524. The molecule has 0 saturated heterocycles. The fourth-order valence-corrected chi connectivity index (χ4v) is 2.44. The Hall–Kier alpha value is -0.400. The largest absolute Gasteiger partial charge is 0.313 e. The Morgan fingerprint density at radius 1 is 1.47 bits per heavy atom. The maximum atomic E-state index is 4.36. The van der Waals surface area contributed by atoms with Crippen LogP contribution >= 0.6 is 38.5 Å². The number of benzene rings is 1. The summed E-state index contributed by atoms with van der Waals surface area (Å²) < 4.78 is 4.13. The van der Waals surface area contributed by atoms with E-state index in [1.807, 2.05) is 30.2 Å². The van der Waals surface area contributed by atoms with Crippen molar-refractivity contribution < 1.29 is 0 Å². The fourth-order valence-electron chi connectivity index (χ4n) is 1.67. The minimum absolute atomic E-state index is 0.282. The molecule has 90 valence electrons. The molecule has 0 saturated carbocycles. The monoisotopic (exact) mass is 405 g/mol. The van der Waals surface area contributed by atoms with Crippen molar-refractivity contribution in [1.29, 1.82) is 0 Å². The number of nitrogens with zero attached hydrogens (tertiary/aromatic N) is 2. The van der Waals surface area contributed by atoms with Gasteiger partial charge in [-0.3, -0.25) is 0 Å². The van der Waals surface area contributed by atoms with E-state index in [0.29, 0.717) is 0 Å². The van der Waals surface area contributed by atoms with E-state index >= 15 is 0 Å². The molecule has 0 aliphatic rings. The number of hydrogen-bond donors (Lipinski definition) is 1. The van der Waals surface area contributed by atoms with Crippen LogP contribution in [0.25, 0.3) is 5.69 Å². The van der Waals surface area contributed by atoms with E-state index in [0.717, 1.165) is 13.7 Å². The zero-order valence-corrected chi connectivity index (χ0v) is 13.4. The average Bonchev–Trinajstić information content (AvgIpc) is 2.74. The van der Waals surface area contributed by atoms with Crippen LogP contribution in [0.3, 0.4) is 0 Å². The molecule has 5 heteroatoms. The lowest BCUT2D eigenvalue weighted by Crippen LogP contribution is -2.15. The molecule has 0 fully saturated rings. The highest BCUT2D eigenvalue weighted by Crippen LogP contribution is 2.25. The second-order valence-electron chi connectivity index (χ2n) is 3.82. The van der Waals surface area contributed by atoms with Crippen LogP contribution in [0.15, 0.2) is 35.1 Å². The van der Waals surface area contributed by atoms with Gasteiger partial charge in [-0.1, -0.05) is 15.9 Å². The number of nitrogens with one attached hydrogen (secondary N) is 1. The van der Waals surface area contributed by atoms with Crippen molar-refractivity contribution in [2.45, 2.75) is 13.0 Å². The van der Waals surface area contributed by atoms with Crippen molar-refractivity contribution in [3.8, 4) is 5.69 Å². The smallest absolute Gasteiger partial charge is 0.0694 e. The highest BCUT2D eigenvalue weighted by molar-refractivity contribution is 14.1. The summed E-state index contributed by atoms with van der Waals surface area (Å²) in [5.41, 5.74) is 2.33. The Morgan fingerprint density at radius 2 is 2.24 bits per heavy atom. The van der Waals surface area contributed by atoms with Crippen LogP contribution in [0, 0.1) is 3.57 Å². The molecular weight excluding hydrogens is 393 g/mol. The van der Waals surface area contributed by atoms with Crippen LogP contribution in [-0.2, 0) is 0 Å². The van der Waals surface area contributed by atoms with E-state index in [2.05, 4.69) is 68.0 Å². The molecule has 0 amide bonds. The third-order valence-corrected chi connectivity index (χ3v) is 3.74. The summed E-state index contributed by atoms with van der Waals surface area (Å²) in [5.74, 6) is 0. The van der Waals surface area contributed by atoms with Crippen molar-refractivity contribution in [2.24, 2.45) is 0 Å². The van der Waals surface area contributed by atoms with Crippen LogP contribution in [0.1, 0.15) is 18.5 Å². The zero-order chi connectivity index (χ0) is 12.4. The van der Waals surface area contributed by atoms with E-state index in [9.17, 15) is 0 Å². The van der Waals surface area contributed by atoms with Gasteiger partial charge in [-0.05, 0) is 60.3 Å². The van der Waals surface area contributed by atoms with Crippen LogP contribution in [0.2, 0.25) is 0 Å². The number of halogens is 2. The molecule has 2 rings (SSSR count). The first-order valence-corrected chi connectivity index (χ1v) is 7.16. The lowest BCUT2D eigenvalue weighted by atomic mass is 10.1. The van der Waals surface area contributed by atoms with E-state index in [-0.39, 0.29) is 6.04 Å².